The van der Waals surface area contributed by atoms with Crippen molar-refractivity contribution in [3.63, 3.8) is 0 Å². The van der Waals surface area contributed by atoms with Gasteiger partial charge in [0.25, 0.3) is 0 Å². The summed E-state index contributed by atoms with van der Waals surface area (Å²) >= 11 is 0. The summed E-state index contributed by atoms with van der Waals surface area (Å²) in [5, 5.41) is 13.1. The molecular weight excluding hydrogens is 282 g/mol. The van der Waals surface area contributed by atoms with E-state index in [1.165, 1.54) is 4.90 Å². The van der Waals surface area contributed by atoms with Gasteiger partial charge in [0.05, 0.1) is 0 Å². The predicted octanol–water partition coefficient (Wildman–Crippen LogP) is 1.47. The largest absolute Gasteiger partial charge is 0.480 e. The number of aliphatic carboxylic acids is 1. The van der Waals surface area contributed by atoms with E-state index in [2.05, 4.69) is 5.10 Å². The zero-order valence-corrected chi connectivity index (χ0v) is 12.5. The van der Waals surface area contributed by atoms with Crippen molar-refractivity contribution >= 4 is 11.9 Å². The molecule has 0 bridgehead atoms. The van der Waals surface area contributed by atoms with E-state index in [4.69, 9.17) is 5.11 Å². The highest BCUT2D eigenvalue weighted by atomic mass is 16.4. The maximum absolute atomic E-state index is 12.3. The molecule has 6 nitrogen and oxygen atoms in total. The first-order valence-corrected chi connectivity index (χ1v) is 7.06. The molecule has 2 rings (SSSR count). The average Bonchev–Trinajstić information content (AvgIpc) is 2.90. The van der Waals surface area contributed by atoms with E-state index in [0.717, 1.165) is 11.3 Å². The number of rotatable bonds is 7. The van der Waals surface area contributed by atoms with Gasteiger partial charge in [0.2, 0.25) is 5.91 Å². The summed E-state index contributed by atoms with van der Waals surface area (Å²) in [5.74, 6) is -1.18. The SMILES string of the molecule is Cn1nccc1CCC(=O)N(CC(=O)O)Cc1ccccc1. The molecule has 0 aliphatic heterocycles. The van der Waals surface area contributed by atoms with Gasteiger partial charge in [-0.15, -0.1) is 0 Å². The zero-order chi connectivity index (χ0) is 15.9. The molecule has 1 N–H and O–H groups in total. The summed E-state index contributed by atoms with van der Waals surface area (Å²) in [6.07, 6.45) is 2.48. The van der Waals surface area contributed by atoms with Crippen LogP contribution in [0.25, 0.3) is 0 Å². The summed E-state index contributed by atoms with van der Waals surface area (Å²) in [5.41, 5.74) is 1.86. The number of hydrogen-bond acceptors (Lipinski definition) is 3. The van der Waals surface area contributed by atoms with E-state index in [0.29, 0.717) is 13.0 Å². The number of aryl methyl sites for hydroxylation is 2. The number of benzene rings is 1. The van der Waals surface area contributed by atoms with Crippen LogP contribution in [0.3, 0.4) is 0 Å². The van der Waals surface area contributed by atoms with Crippen LogP contribution in [0.15, 0.2) is 42.6 Å². The number of nitrogens with zero attached hydrogens (tertiary/aromatic N) is 3. The Labute approximate surface area is 129 Å². The minimum absolute atomic E-state index is 0.174. The smallest absolute Gasteiger partial charge is 0.323 e. The summed E-state index contributed by atoms with van der Waals surface area (Å²) in [7, 11) is 1.82. The lowest BCUT2D eigenvalue weighted by Gasteiger charge is -2.21. The zero-order valence-electron chi connectivity index (χ0n) is 12.5. The summed E-state index contributed by atoms with van der Waals surface area (Å²) in [6.45, 7) is 0.0104. The normalized spacial score (nSPS) is 10.4. The molecule has 0 aliphatic rings. The second-order valence-electron chi connectivity index (χ2n) is 5.08. The van der Waals surface area contributed by atoms with E-state index in [9.17, 15) is 9.59 Å². The van der Waals surface area contributed by atoms with Crippen LogP contribution >= 0.6 is 0 Å². The van der Waals surface area contributed by atoms with Crippen molar-refractivity contribution in [1.29, 1.82) is 0 Å². The highest BCUT2D eigenvalue weighted by molar-refractivity contribution is 5.81. The molecule has 0 saturated heterocycles. The molecule has 0 radical (unpaired) electrons. The van der Waals surface area contributed by atoms with Crippen LogP contribution in [0.2, 0.25) is 0 Å². The fraction of sp³-hybridized carbons (Fsp3) is 0.312. The Kier molecular flexibility index (Phi) is 5.30. The van der Waals surface area contributed by atoms with Crippen molar-refractivity contribution in [3.8, 4) is 0 Å². The van der Waals surface area contributed by atoms with Crippen LogP contribution in [-0.4, -0.2) is 38.2 Å². The molecular formula is C16H19N3O3. The number of carboxylic acid groups (broad SMARTS) is 1. The van der Waals surface area contributed by atoms with Gasteiger partial charge in [-0.3, -0.25) is 14.3 Å². The van der Waals surface area contributed by atoms with Gasteiger partial charge in [-0.2, -0.15) is 5.10 Å². The van der Waals surface area contributed by atoms with Crippen molar-refractivity contribution in [2.45, 2.75) is 19.4 Å². The van der Waals surface area contributed by atoms with Gasteiger partial charge in [0.1, 0.15) is 6.54 Å². The fourth-order valence-corrected chi connectivity index (χ4v) is 2.24. The van der Waals surface area contributed by atoms with Gasteiger partial charge in [-0.1, -0.05) is 30.3 Å². The lowest BCUT2D eigenvalue weighted by Crippen LogP contribution is -2.35. The molecule has 0 spiro atoms. The lowest BCUT2D eigenvalue weighted by molar-refractivity contribution is -0.144. The Balaban J connectivity index is 1.99. The van der Waals surface area contributed by atoms with Crippen molar-refractivity contribution < 1.29 is 14.7 Å². The van der Waals surface area contributed by atoms with Gasteiger partial charge in [0.15, 0.2) is 0 Å². The highest BCUT2D eigenvalue weighted by Crippen LogP contribution is 2.08. The van der Waals surface area contributed by atoms with Crippen LogP contribution < -0.4 is 0 Å². The third kappa shape index (κ3) is 4.44. The van der Waals surface area contributed by atoms with E-state index >= 15 is 0 Å². The second kappa shape index (κ2) is 7.40. The number of carbonyl (C=O) groups is 2. The van der Waals surface area contributed by atoms with Crippen molar-refractivity contribution in [2.24, 2.45) is 7.05 Å². The second-order valence-corrected chi connectivity index (χ2v) is 5.08. The van der Waals surface area contributed by atoms with Crippen molar-refractivity contribution in [1.82, 2.24) is 14.7 Å². The molecule has 1 aromatic heterocycles. The predicted molar refractivity (Wildman–Crippen MR) is 81.0 cm³/mol. The highest BCUT2D eigenvalue weighted by Gasteiger charge is 2.17. The van der Waals surface area contributed by atoms with Crippen LogP contribution in [0, 0.1) is 0 Å². The summed E-state index contributed by atoms with van der Waals surface area (Å²) in [6, 6.07) is 11.2. The fourth-order valence-electron chi connectivity index (χ4n) is 2.24. The number of aromatic nitrogens is 2. The Bertz CT molecular complexity index is 637. The topological polar surface area (TPSA) is 75.4 Å². The lowest BCUT2D eigenvalue weighted by atomic mass is 10.2. The Morgan fingerprint density at radius 3 is 2.55 bits per heavy atom. The monoisotopic (exact) mass is 301 g/mol. The molecule has 0 fully saturated rings. The van der Waals surface area contributed by atoms with E-state index in [-0.39, 0.29) is 18.9 Å². The Hall–Kier alpha value is -2.63. The van der Waals surface area contributed by atoms with E-state index < -0.39 is 5.97 Å². The van der Waals surface area contributed by atoms with Crippen molar-refractivity contribution in [2.75, 3.05) is 6.54 Å². The molecule has 1 aromatic carbocycles. The first-order chi connectivity index (χ1) is 10.6. The third-order valence-corrected chi connectivity index (χ3v) is 3.41. The summed E-state index contributed by atoms with van der Waals surface area (Å²) < 4.78 is 1.71. The van der Waals surface area contributed by atoms with Crippen LogP contribution in [-0.2, 0) is 29.6 Å². The maximum Gasteiger partial charge on any atom is 0.323 e. The number of hydrogen-bond donors (Lipinski definition) is 1. The molecule has 0 aliphatic carbocycles. The molecule has 6 heteroatoms. The van der Waals surface area contributed by atoms with Crippen LogP contribution in [0.5, 0.6) is 0 Å². The van der Waals surface area contributed by atoms with Crippen LogP contribution in [0.1, 0.15) is 17.7 Å². The van der Waals surface area contributed by atoms with Gasteiger partial charge in [-0.25, -0.2) is 0 Å². The van der Waals surface area contributed by atoms with E-state index in [1.54, 1.807) is 10.9 Å². The first-order valence-electron chi connectivity index (χ1n) is 7.06. The third-order valence-electron chi connectivity index (χ3n) is 3.41. The first kappa shape index (κ1) is 15.8. The van der Waals surface area contributed by atoms with Gasteiger partial charge in [-0.05, 0) is 18.1 Å². The number of amides is 1. The molecule has 1 amide bonds. The minimum Gasteiger partial charge on any atom is -0.480 e. The minimum atomic E-state index is -1.01. The summed E-state index contributed by atoms with van der Waals surface area (Å²) in [4.78, 5) is 24.7. The molecule has 0 saturated carbocycles. The molecule has 22 heavy (non-hydrogen) atoms. The number of carbonyl (C=O) groups excluding carboxylic acids is 1. The molecule has 116 valence electrons. The number of carboxylic acids is 1. The van der Waals surface area contributed by atoms with Gasteiger partial charge in [0, 0.05) is 31.9 Å². The standard InChI is InChI=1S/C16H19N3O3/c1-18-14(9-10-17-18)7-8-15(20)19(12-16(21)22)11-13-5-3-2-4-6-13/h2-6,9-10H,7-8,11-12H2,1H3,(H,21,22). The molecule has 0 atom stereocenters. The molecule has 1 heterocycles. The quantitative estimate of drug-likeness (QED) is 0.840. The average molecular weight is 301 g/mol. The van der Waals surface area contributed by atoms with Gasteiger partial charge < -0.3 is 10.0 Å². The van der Waals surface area contributed by atoms with Crippen LogP contribution in [0.4, 0.5) is 0 Å². The van der Waals surface area contributed by atoms with Gasteiger partial charge >= 0.3 is 5.97 Å². The molecule has 0 unspecified atom stereocenters. The maximum atomic E-state index is 12.3. The van der Waals surface area contributed by atoms with Crippen molar-refractivity contribution in [3.05, 3.63) is 53.9 Å². The Morgan fingerprint density at radius 2 is 1.95 bits per heavy atom. The molecule has 2 aromatic rings. The Morgan fingerprint density at radius 1 is 1.23 bits per heavy atom. The van der Waals surface area contributed by atoms with E-state index in [1.807, 2.05) is 43.4 Å².